The van der Waals surface area contributed by atoms with Crippen molar-refractivity contribution in [1.29, 1.82) is 0 Å². The van der Waals surface area contributed by atoms with Gasteiger partial charge in [-0.15, -0.1) is 0 Å². The third-order valence-electron chi connectivity index (χ3n) is 5.27. The van der Waals surface area contributed by atoms with Crippen LogP contribution in [-0.2, 0) is 11.3 Å². The SMILES string of the molecule is Nc1cc(F)ccc1NC(=O)c1ccc(NC(=O)OCc2ccc(C3CC3N)cc2)cc1. The molecule has 8 heteroatoms. The maximum Gasteiger partial charge on any atom is 0.411 e. The Bertz CT molecular complexity index is 1130. The molecular weight excluding hydrogens is 411 g/mol. The van der Waals surface area contributed by atoms with Crippen LogP contribution in [0.1, 0.15) is 33.8 Å². The van der Waals surface area contributed by atoms with E-state index in [9.17, 15) is 14.0 Å². The van der Waals surface area contributed by atoms with E-state index in [1.807, 2.05) is 24.3 Å². The summed E-state index contributed by atoms with van der Waals surface area (Å²) >= 11 is 0. The topological polar surface area (TPSA) is 119 Å². The molecule has 1 saturated carbocycles. The van der Waals surface area contributed by atoms with Crippen LogP contribution in [0.2, 0.25) is 0 Å². The number of nitrogen functional groups attached to an aromatic ring is 1. The van der Waals surface area contributed by atoms with Crippen molar-refractivity contribution in [3.05, 3.63) is 89.2 Å². The van der Waals surface area contributed by atoms with Crippen molar-refractivity contribution in [2.45, 2.75) is 25.0 Å². The molecule has 2 atom stereocenters. The molecule has 0 heterocycles. The second-order valence-electron chi connectivity index (χ2n) is 7.71. The quantitative estimate of drug-likeness (QED) is 0.433. The van der Waals surface area contributed by atoms with Crippen LogP contribution in [0.5, 0.6) is 0 Å². The van der Waals surface area contributed by atoms with E-state index >= 15 is 0 Å². The minimum atomic E-state index is -0.602. The van der Waals surface area contributed by atoms with Gasteiger partial charge in [-0.2, -0.15) is 0 Å². The zero-order valence-electron chi connectivity index (χ0n) is 17.2. The van der Waals surface area contributed by atoms with Gasteiger partial charge in [0.05, 0.1) is 11.4 Å². The standard InChI is InChI=1S/C24H23FN4O3/c25-17-7-10-22(21(27)11-17)29-23(30)16-5-8-18(9-6-16)28-24(31)32-13-14-1-3-15(4-2-14)19-12-20(19)26/h1-11,19-20H,12-13,26-27H2,(H,28,31)(H,29,30). The maximum atomic E-state index is 13.1. The van der Waals surface area contributed by atoms with Crippen LogP contribution in [-0.4, -0.2) is 18.0 Å². The summed E-state index contributed by atoms with van der Waals surface area (Å²) in [6.45, 7) is 0.141. The van der Waals surface area contributed by atoms with Crippen LogP contribution in [0.15, 0.2) is 66.7 Å². The van der Waals surface area contributed by atoms with E-state index < -0.39 is 17.8 Å². The number of rotatable bonds is 6. The monoisotopic (exact) mass is 434 g/mol. The molecule has 1 aliphatic rings. The number of hydrogen-bond acceptors (Lipinski definition) is 5. The van der Waals surface area contributed by atoms with Gasteiger partial charge in [-0.1, -0.05) is 24.3 Å². The van der Waals surface area contributed by atoms with Gasteiger partial charge in [-0.25, -0.2) is 9.18 Å². The number of nitrogens with one attached hydrogen (secondary N) is 2. The Morgan fingerprint density at radius 3 is 2.31 bits per heavy atom. The minimum Gasteiger partial charge on any atom is -0.444 e. The Labute approximate surface area is 184 Å². The maximum absolute atomic E-state index is 13.1. The van der Waals surface area contributed by atoms with Crippen LogP contribution in [0, 0.1) is 5.82 Å². The molecule has 1 aliphatic carbocycles. The highest BCUT2D eigenvalue weighted by atomic mass is 19.1. The average Bonchev–Trinajstić information content (AvgIpc) is 3.51. The molecule has 0 aliphatic heterocycles. The average molecular weight is 434 g/mol. The molecule has 2 amide bonds. The predicted octanol–water partition coefficient (Wildman–Crippen LogP) is 4.22. The molecule has 2 unspecified atom stereocenters. The van der Waals surface area contributed by atoms with Crippen molar-refractivity contribution < 1.29 is 18.7 Å². The summed E-state index contributed by atoms with van der Waals surface area (Å²) < 4.78 is 18.4. The third kappa shape index (κ3) is 5.22. The van der Waals surface area contributed by atoms with Crippen LogP contribution in [0.3, 0.4) is 0 Å². The lowest BCUT2D eigenvalue weighted by molar-refractivity contribution is 0.102. The number of anilines is 3. The normalized spacial score (nSPS) is 16.8. The van der Waals surface area contributed by atoms with Gasteiger partial charge in [0.2, 0.25) is 0 Å². The molecule has 4 rings (SSSR count). The molecule has 0 spiro atoms. The summed E-state index contributed by atoms with van der Waals surface area (Å²) in [6, 6.07) is 18.1. The molecule has 0 aromatic heterocycles. The largest absolute Gasteiger partial charge is 0.444 e. The fourth-order valence-electron chi connectivity index (χ4n) is 3.31. The molecule has 7 nitrogen and oxygen atoms in total. The van der Waals surface area contributed by atoms with Crippen molar-refractivity contribution >= 4 is 29.1 Å². The van der Waals surface area contributed by atoms with Gasteiger partial charge in [0.1, 0.15) is 12.4 Å². The van der Waals surface area contributed by atoms with Crippen molar-refractivity contribution in [3.8, 4) is 0 Å². The summed E-state index contributed by atoms with van der Waals surface area (Å²) in [5.41, 5.74) is 14.9. The molecule has 164 valence electrons. The van der Waals surface area contributed by atoms with E-state index in [1.165, 1.54) is 17.7 Å². The van der Waals surface area contributed by atoms with Crippen molar-refractivity contribution in [3.63, 3.8) is 0 Å². The number of carbonyl (C=O) groups is 2. The molecule has 1 fully saturated rings. The Morgan fingerprint density at radius 1 is 1.00 bits per heavy atom. The second-order valence-corrected chi connectivity index (χ2v) is 7.71. The lowest BCUT2D eigenvalue weighted by atomic mass is 10.1. The minimum absolute atomic E-state index is 0.130. The first-order valence-electron chi connectivity index (χ1n) is 10.1. The lowest BCUT2D eigenvalue weighted by Gasteiger charge is -2.10. The molecule has 32 heavy (non-hydrogen) atoms. The first-order chi connectivity index (χ1) is 15.4. The Balaban J connectivity index is 1.27. The van der Waals surface area contributed by atoms with E-state index in [0.717, 1.165) is 18.1 Å². The number of hydrogen-bond donors (Lipinski definition) is 4. The van der Waals surface area contributed by atoms with Crippen LogP contribution < -0.4 is 22.1 Å². The van der Waals surface area contributed by atoms with Gasteiger partial charge in [-0.05, 0) is 60.0 Å². The smallest absolute Gasteiger partial charge is 0.411 e. The van der Waals surface area contributed by atoms with E-state index in [0.29, 0.717) is 22.9 Å². The van der Waals surface area contributed by atoms with Crippen molar-refractivity contribution in [1.82, 2.24) is 0 Å². The number of ether oxygens (including phenoxy) is 1. The zero-order chi connectivity index (χ0) is 22.7. The van der Waals surface area contributed by atoms with E-state index in [2.05, 4.69) is 10.6 Å². The Kier molecular flexibility index (Phi) is 6.04. The van der Waals surface area contributed by atoms with Crippen molar-refractivity contribution in [2.24, 2.45) is 5.73 Å². The molecule has 3 aromatic carbocycles. The van der Waals surface area contributed by atoms with Gasteiger partial charge in [0, 0.05) is 23.2 Å². The number of benzene rings is 3. The lowest BCUT2D eigenvalue weighted by Crippen LogP contribution is -2.15. The Morgan fingerprint density at radius 2 is 1.69 bits per heavy atom. The van der Waals surface area contributed by atoms with Gasteiger partial charge in [0.25, 0.3) is 5.91 Å². The van der Waals surface area contributed by atoms with Crippen LogP contribution in [0.25, 0.3) is 0 Å². The molecule has 3 aromatic rings. The molecule has 6 N–H and O–H groups in total. The van der Waals surface area contributed by atoms with E-state index in [4.69, 9.17) is 16.2 Å². The first-order valence-corrected chi connectivity index (χ1v) is 10.1. The molecule has 0 saturated heterocycles. The van der Waals surface area contributed by atoms with Crippen molar-refractivity contribution in [2.75, 3.05) is 16.4 Å². The summed E-state index contributed by atoms with van der Waals surface area (Å²) in [4.78, 5) is 24.4. The Hall–Kier alpha value is -3.91. The van der Waals surface area contributed by atoms with Gasteiger partial charge in [-0.3, -0.25) is 10.1 Å². The summed E-state index contributed by atoms with van der Waals surface area (Å²) in [5, 5.41) is 5.24. The fourth-order valence-corrected chi connectivity index (χ4v) is 3.31. The summed E-state index contributed by atoms with van der Waals surface area (Å²) in [5.74, 6) is -0.456. The van der Waals surface area contributed by atoms with E-state index in [-0.39, 0.29) is 18.3 Å². The molecular formula is C24H23FN4O3. The fraction of sp³-hybridized carbons (Fsp3) is 0.167. The van der Waals surface area contributed by atoms with Gasteiger partial charge < -0.3 is 21.5 Å². The summed E-state index contributed by atoms with van der Waals surface area (Å²) in [7, 11) is 0. The van der Waals surface area contributed by atoms with Gasteiger partial charge >= 0.3 is 6.09 Å². The highest BCUT2D eigenvalue weighted by Crippen LogP contribution is 2.38. The summed E-state index contributed by atoms with van der Waals surface area (Å²) in [6.07, 6.45) is 0.411. The van der Waals surface area contributed by atoms with Crippen LogP contribution >= 0.6 is 0 Å². The highest BCUT2D eigenvalue weighted by molar-refractivity contribution is 6.06. The van der Waals surface area contributed by atoms with E-state index in [1.54, 1.807) is 24.3 Å². The number of amides is 2. The highest BCUT2D eigenvalue weighted by Gasteiger charge is 2.34. The van der Waals surface area contributed by atoms with Crippen LogP contribution in [0.4, 0.5) is 26.2 Å². The zero-order valence-corrected chi connectivity index (χ0v) is 17.2. The molecule has 0 bridgehead atoms. The molecule has 0 radical (unpaired) electrons. The predicted molar refractivity (Wildman–Crippen MR) is 121 cm³/mol. The first kappa shape index (κ1) is 21.3. The number of halogens is 1. The second kappa shape index (κ2) is 9.07. The number of nitrogens with two attached hydrogens (primary N) is 2. The number of carbonyl (C=O) groups excluding carboxylic acids is 2. The third-order valence-corrected chi connectivity index (χ3v) is 5.27. The van der Waals surface area contributed by atoms with Gasteiger partial charge in [0.15, 0.2) is 0 Å².